The maximum absolute atomic E-state index is 11.4. The van der Waals surface area contributed by atoms with Crippen molar-refractivity contribution in [2.75, 3.05) is 6.54 Å². The van der Waals surface area contributed by atoms with Gasteiger partial charge in [0.25, 0.3) is 0 Å². The molecule has 0 radical (unpaired) electrons. The molecule has 1 heterocycles. The van der Waals surface area contributed by atoms with Gasteiger partial charge in [-0.2, -0.15) is 5.10 Å². The number of nitrogens with two attached hydrogens (primary N) is 1. The van der Waals surface area contributed by atoms with E-state index >= 15 is 0 Å². The highest BCUT2D eigenvalue weighted by molar-refractivity contribution is 5.76. The predicted molar refractivity (Wildman–Crippen MR) is 71.1 cm³/mol. The molecule has 0 fully saturated rings. The third kappa shape index (κ3) is 3.89. The summed E-state index contributed by atoms with van der Waals surface area (Å²) in [5.41, 5.74) is 7.52. The minimum atomic E-state index is -0.0296. The van der Waals surface area contributed by atoms with Crippen LogP contribution in [0.3, 0.4) is 0 Å². The maximum Gasteiger partial charge on any atom is 0.221 e. The van der Waals surface area contributed by atoms with Gasteiger partial charge in [-0.3, -0.25) is 4.79 Å². The SMILES string of the molecule is NCCC(=O)NCc1ccccc1Cn1cncn1. The number of nitrogens with one attached hydrogen (secondary N) is 1. The van der Waals surface area contributed by atoms with E-state index in [9.17, 15) is 4.79 Å². The average Bonchev–Trinajstić information content (AvgIpc) is 2.91. The van der Waals surface area contributed by atoms with Crippen LogP contribution in [0.5, 0.6) is 0 Å². The van der Waals surface area contributed by atoms with E-state index in [1.54, 1.807) is 11.0 Å². The van der Waals surface area contributed by atoms with Crippen molar-refractivity contribution in [3.63, 3.8) is 0 Å². The number of benzene rings is 1. The minimum Gasteiger partial charge on any atom is -0.352 e. The first kappa shape index (κ1) is 13.2. The number of carbonyl (C=O) groups excluding carboxylic acids is 1. The molecule has 1 amide bonds. The zero-order valence-electron chi connectivity index (χ0n) is 10.6. The van der Waals surface area contributed by atoms with Crippen LogP contribution in [0.25, 0.3) is 0 Å². The Hall–Kier alpha value is -2.21. The van der Waals surface area contributed by atoms with Gasteiger partial charge in [-0.1, -0.05) is 24.3 Å². The second-order valence-corrected chi connectivity index (χ2v) is 4.18. The number of hydrogen-bond acceptors (Lipinski definition) is 4. The molecule has 0 spiro atoms. The molecular formula is C13H17N5O. The standard InChI is InChI=1S/C13H17N5O/c14-6-5-13(19)16-7-11-3-1-2-4-12(11)8-18-10-15-9-17-18/h1-4,9-10H,5-8,14H2,(H,16,19). The molecule has 0 bridgehead atoms. The van der Waals surface area contributed by atoms with Crippen LogP contribution >= 0.6 is 0 Å². The number of aromatic nitrogens is 3. The van der Waals surface area contributed by atoms with Gasteiger partial charge >= 0.3 is 0 Å². The molecule has 1 aromatic carbocycles. The summed E-state index contributed by atoms with van der Waals surface area (Å²) in [6.45, 7) is 1.51. The normalized spacial score (nSPS) is 10.4. The second kappa shape index (κ2) is 6.65. The highest BCUT2D eigenvalue weighted by Gasteiger charge is 2.05. The van der Waals surface area contributed by atoms with E-state index in [0.717, 1.165) is 11.1 Å². The van der Waals surface area contributed by atoms with Crippen molar-refractivity contribution in [1.29, 1.82) is 0 Å². The molecule has 1 aromatic heterocycles. The quantitative estimate of drug-likeness (QED) is 0.781. The largest absolute Gasteiger partial charge is 0.352 e. The van der Waals surface area contributed by atoms with Crippen molar-refractivity contribution in [3.8, 4) is 0 Å². The van der Waals surface area contributed by atoms with E-state index in [0.29, 0.717) is 26.1 Å². The van der Waals surface area contributed by atoms with E-state index in [1.165, 1.54) is 6.33 Å². The first-order valence-electron chi connectivity index (χ1n) is 6.15. The topological polar surface area (TPSA) is 85.8 Å². The molecule has 0 atom stereocenters. The molecular weight excluding hydrogens is 242 g/mol. The van der Waals surface area contributed by atoms with Crippen molar-refractivity contribution >= 4 is 5.91 Å². The molecule has 0 aliphatic heterocycles. The molecule has 0 aliphatic rings. The molecule has 2 aromatic rings. The number of rotatable bonds is 6. The Morgan fingerprint density at radius 1 is 1.32 bits per heavy atom. The zero-order valence-corrected chi connectivity index (χ0v) is 10.6. The fraction of sp³-hybridized carbons (Fsp3) is 0.308. The highest BCUT2D eigenvalue weighted by Crippen LogP contribution is 2.09. The van der Waals surface area contributed by atoms with Gasteiger partial charge in [0, 0.05) is 19.5 Å². The van der Waals surface area contributed by atoms with Crippen molar-refractivity contribution in [2.24, 2.45) is 5.73 Å². The Bertz CT molecular complexity index is 524. The van der Waals surface area contributed by atoms with Crippen molar-refractivity contribution in [2.45, 2.75) is 19.5 Å². The Kier molecular flexibility index (Phi) is 4.63. The molecule has 100 valence electrons. The van der Waals surface area contributed by atoms with Gasteiger partial charge in [0.15, 0.2) is 0 Å². The molecule has 3 N–H and O–H groups in total. The van der Waals surface area contributed by atoms with Crippen LogP contribution in [0.4, 0.5) is 0 Å². The summed E-state index contributed by atoms with van der Waals surface area (Å²) >= 11 is 0. The highest BCUT2D eigenvalue weighted by atomic mass is 16.1. The number of amides is 1. The van der Waals surface area contributed by atoms with E-state index < -0.39 is 0 Å². The Morgan fingerprint density at radius 3 is 2.79 bits per heavy atom. The fourth-order valence-corrected chi connectivity index (χ4v) is 1.79. The third-order valence-electron chi connectivity index (χ3n) is 2.76. The van der Waals surface area contributed by atoms with Crippen molar-refractivity contribution < 1.29 is 4.79 Å². The van der Waals surface area contributed by atoms with Gasteiger partial charge in [0.1, 0.15) is 12.7 Å². The van der Waals surface area contributed by atoms with E-state index in [-0.39, 0.29) is 5.91 Å². The molecule has 19 heavy (non-hydrogen) atoms. The van der Waals surface area contributed by atoms with Gasteiger partial charge in [0.05, 0.1) is 6.54 Å². The first-order chi connectivity index (χ1) is 9.29. The minimum absolute atomic E-state index is 0.0296. The van der Waals surface area contributed by atoms with Crippen LogP contribution in [0.2, 0.25) is 0 Å². The lowest BCUT2D eigenvalue weighted by Gasteiger charge is -2.10. The van der Waals surface area contributed by atoms with E-state index in [2.05, 4.69) is 15.4 Å². The summed E-state index contributed by atoms with van der Waals surface area (Å²) in [5, 5.41) is 6.93. The van der Waals surface area contributed by atoms with Crippen LogP contribution in [0, 0.1) is 0 Å². The molecule has 0 unspecified atom stereocenters. The molecule has 6 nitrogen and oxygen atoms in total. The summed E-state index contributed by atoms with van der Waals surface area (Å²) in [6, 6.07) is 7.94. The smallest absolute Gasteiger partial charge is 0.221 e. The van der Waals surface area contributed by atoms with E-state index in [4.69, 9.17) is 5.73 Å². The van der Waals surface area contributed by atoms with Gasteiger partial charge in [-0.25, -0.2) is 9.67 Å². The fourth-order valence-electron chi connectivity index (χ4n) is 1.79. The molecule has 0 saturated carbocycles. The average molecular weight is 259 g/mol. The number of nitrogens with zero attached hydrogens (tertiary/aromatic N) is 3. The van der Waals surface area contributed by atoms with Crippen molar-refractivity contribution in [1.82, 2.24) is 20.1 Å². The number of carbonyl (C=O) groups is 1. The van der Waals surface area contributed by atoms with Crippen LogP contribution < -0.4 is 11.1 Å². The predicted octanol–water partition coefficient (Wildman–Crippen LogP) is 0.291. The summed E-state index contributed by atoms with van der Waals surface area (Å²) < 4.78 is 1.75. The van der Waals surface area contributed by atoms with Gasteiger partial charge in [-0.05, 0) is 11.1 Å². The van der Waals surface area contributed by atoms with Gasteiger partial charge in [-0.15, -0.1) is 0 Å². The first-order valence-corrected chi connectivity index (χ1v) is 6.15. The molecule has 0 saturated heterocycles. The molecule has 6 heteroatoms. The molecule has 0 aliphatic carbocycles. The van der Waals surface area contributed by atoms with Crippen LogP contribution in [-0.2, 0) is 17.9 Å². The Labute approximate surface area is 111 Å². The lowest BCUT2D eigenvalue weighted by molar-refractivity contribution is -0.121. The van der Waals surface area contributed by atoms with Crippen molar-refractivity contribution in [3.05, 3.63) is 48.0 Å². The number of hydrogen-bond donors (Lipinski definition) is 2. The van der Waals surface area contributed by atoms with Crippen LogP contribution in [-0.4, -0.2) is 27.2 Å². The van der Waals surface area contributed by atoms with Crippen LogP contribution in [0.1, 0.15) is 17.5 Å². The lowest BCUT2D eigenvalue weighted by Crippen LogP contribution is -2.25. The monoisotopic (exact) mass is 259 g/mol. The van der Waals surface area contributed by atoms with Crippen LogP contribution in [0.15, 0.2) is 36.9 Å². The lowest BCUT2D eigenvalue weighted by atomic mass is 10.1. The van der Waals surface area contributed by atoms with E-state index in [1.807, 2.05) is 24.3 Å². The zero-order chi connectivity index (χ0) is 13.5. The summed E-state index contributed by atoms with van der Waals surface area (Å²) in [7, 11) is 0. The van der Waals surface area contributed by atoms with Gasteiger partial charge in [0.2, 0.25) is 5.91 Å². The molecule has 2 rings (SSSR count). The maximum atomic E-state index is 11.4. The van der Waals surface area contributed by atoms with Gasteiger partial charge < -0.3 is 11.1 Å². The Balaban J connectivity index is 2.02. The summed E-state index contributed by atoms with van der Waals surface area (Å²) in [5.74, 6) is -0.0296. The Morgan fingerprint density at radius 2 is 2.11 bits per heavy atom. The summed E-state index contributed by atoms with van der Waals surface area (Å²) in [4.78, 5) is 15.3. The third-order valence-corrected chi connectivity index (χ3v) is 2.76. The summed E-state index contributed by atoms with van der Waals surface area (Å²) in [6.07, 6.45) is 3.53. The second-order valence-electron chi connectivity index (χ2n) is 4.18.